The topological polar surface area (TPSA) is 85.5 Å². The van der Waals surface area contributed by atoms with Gasteiger partial charge in [-0.3, -0.25) is 14.6 Å². The number of primary amides is 1. The van der Waals surface area contributed by atoms with Crippen molar-refractivity contribution in [2.24, 2.45) is 11.1 Å². The SMILES string of the molecule is COc1ccc(CC(=O)N2CC[C@@](Cc3ccccc3-c3cccnc3)(C(N)=O)C2)cc1. The Kier molecular flexibility index (Phi) is 6.21. The number of aromatic nitrogens is 1. The zero-order valence-corrected chi connectivity index (χ0v) is 18.2. The van der Waals surface area contributed by atoms with E-state index in [1.165, 1.54) is 0 Å². The average Bonchev–Trinajstić information content (AvgIpc) is 3.26. The molecule has 0 saturated carbocycles. The van der Waals surface area contributed by atoms with E-state index in [9.17, 15) is 9.59 Å². The molecule has 3 aromatic rings. The quantitative estimate of drug-likeness (QED) is 0.625. The molecule has 0 bridgehead atoms. The van der Waals surface area contributed by atoms with E-state index in [1.54, 1.807) is 18.2 Å². The van der Waals surface area contributed by atoms with Crippen molar-refractivity contribution in [1.29, 1.82) is 0 Å². The minimum Gasteiger partial charge on any atom is -0.497 e. The molecule has 1 atom stereocenters. The summed E-state index contributed by atoms with van der Waals surface area (Å²) in [5.41, 5.74) is 9.10. The molecule has 0 aliphatic carbocycles. The molecule has 4 rings (SSSR count). The van der Waals surface area contributed by atoms with Gasteiger partial charge in [-0.05, 0) is 47.7 Å². The van der Waals surface area contributed by atoms with E-state index in [0.29, 0.717) is 25.9 Å². The molecule has 32 heavy (non-hydrogen) atoms. The lowest BCUT2D eigenvalue weighted by atomic mass is 9.78. The zero-order valence-electron chi connectivity index (χ0n) is 18.2. The highest BCUT2D eigenvalue weighted by Gasteiger charge is 2.45. The third-order valence-electron chi connectivity index (χ3n) is 6.26. The van der Waals surface area contributed by atoms with Crippen molar-refractivity contribution < 1.29 is 14.3 Å². The van der Waals surface area contributed by atoms with Gasteiger partial charge < -0.3 is 15.4 Å². The van der Waals surface area contributed by atoms with Crippen LogP contribution in [-0.2, 0) is 22.4 Å². The third-order valence-corrected chi connectivity index (χ3v) is 6.26. The van der Waals surface area contributed by atoms with Crippen LogP contribution in [0.25, 0.3) is 11.1 Å². The number of likely N-dealkylation sites (tertiary alicyclic amines) is 1. The first-order chi connectivity index (χ1) is 15.5. The maximum Gasteiger partial charge on any atom is 0.227 e. The summed E-state index contributed by atoms with van der Waals surface area (Å²) in [6.45, 7) is 0.853. The van der Waals surface area contributed by atoms with Crippen molar-refractivity contribution in [1.82, 2.24) is 9.88 Å². The highest BCUT2D eigenvalue weighted by atomic mass is 16.5. The summed E-state index contributed by atoms with van der Waals surface area (Å²) in [6.07, 6.45) is 4.87. The van der Waals surface area contributed by atoms with E-state index in [1.807, 2.05) is 66.9 Å². The van der Waals surface area contributed by atoms with Gasteiger partial charge in [0.1, 0.15) is 5.75 Å². The van der Waals surface area contributed by atoms with Crippen LogP contribution in [0.3, 0.4) is 0 Å². The Hall–Kier alpha value is -3.67. The largest absolute Gasteiger partial charge is 0.497 e. The first-order valence-corrected chi connectivity index (χ1v) is 10.7. The summed E-state index contributed by atoms with van der Waals surface area (Å²) in [5, 5.41) is 0. The Morgan fingerprint density at radius 3 is 2.56 bits per heavy atom. The van der Waals surface area contributed by atoms with Crippen LogP contribution in [0.15, 0.2) is 73.1 Å². The molecule has 6 heteroatoms. The van der Waals surface area contributed by atoms with Crippen LogP contribution in [0, 0.1) is 5.41 Å². The van der Waals surface area contributed by atoms with Crippen LogP contribution in [0.2, 0.25) is 0 Å². The number of hydrogen-bond donors (Lipinski definition) is 1. The van der Waals surface area contributed by atoms with Gasteiger partial charge in [0.25, 0.3) is 0 Å². The zero-order chi connectivity index (χ0) is 22.6. The van der Waals surface area contributed by atoms with Crippen LogP contribution in [0.5, 0.6) is 5.75 Å². The fourth-order valence-electron chi connectivity index (χ4n) is 4.39. The van der Waals surface area contributed by atoms with Gasteiger partial charge in [0.2, 0.25) is 11.8 Å². The molecule has 164 valence electrons. The summed E-state index contributed by atoms with van der Waals surface area (Å²) >= 11 is 0. The minimum absolute atomic E-state index is 0.00108. The van der Waals surface area contributed by atoms with Crippen molar-refractivity contribution >= 4 is 11.8 Å². The Balaban J connectivity index is 1.52. The summed E-state index contributed by atoms with van der Waals surface area (Å²) in [4.78, 5) is 31.6. The lowest BCUT2D eigenvalue weighted by Crippen LogP contribution is -2.42. The van der Waals surface area contributed by atoms with Crippen molar-refractivity contribution in [3.05, 3.63) is 84.2 Å². The maximum absolute atomic E-state index is 13.0. The molecule has 1 aliphatic rings. The number of methoxy groups -OCH3 is 1. The van der Waals surface area contributed by atoms with Gasteiger partial charge in [-0.1, -0.05) is 42.5 Å². The van der Waals surface area contributed by atoms with Crippen LogP contribution < -0.4 is 10.5 Å². The normalized spacial score (nSPS) is 17.8. The second-order valence-corrected chi connectivity index (χ2v) is 8.31. The van der Waals surface area contributed by atoms with E-state index < -0.39 is 5.41 Å². The molecule has 2 heterocycles. The van der Waals surface area contributed by atoms with Crippen molar-refractivity contribution in [3.63, 3.8) is 0 Å². The highest BCUT2D eigenvalue weighted by molar-refractivity contribution is 5.85. The van der Waals surface area contributed by atoms with Crippen molar-refractivity contribution in [3.8, 4) is 16.9 Å². The molecule has 0 unspecified atom stereocenters. The highest BCUT2D eigenvalue weighted by Crippen LogP contribution is 2.37. The van der Waals surface area contributed by atoms with Crippen LogP contribution >= 0.6 is 0 Å². The average molecular weight is 430 g/mol. The van der Waals surface area contributed by atoms with Gasteiger partial charge in [0, 0.05) is 31.0 Å². The summed E-state index contributed by atoms with van der Waals surface area (Å²) in [7, 11) is 1.61. The first-order valence-electron chi connectivity index (χ1n) is 10.7. The number of pyridine rings is 1. The molecule has 0 spiro atoms. The van der Waals surface area contributed by atoms with Gasteiger partial charge in [0.15, 0.2) is 0 Å². The summed E-state index contributed by atoms with van der Waals surface area (Å²) in [5.74, 6) is 0.388. The van der Waals surface area contributed by atoms with Crippen molar-refractivity contribution in [2.75, 3.05) is 20.2 Å². The van der Waals surface area contributed by atoms with Gasteiger partial charge in [-0.2, -0.15) is 0 Å². The fourth-order valence-corrected chi connectivity index (χ4v) is 4.39. The van der Waals surface area contributed by atoms with Gasteiger partial charge >= 0.3 is 0 Å². The Morgan fingerprint density at radius 1 is 1.09 bits per heavy atom. The minimum atomic E-state index is -0.784. The monoisotopic (exact) mass is 429 g/mol. The second-order valence-electron chi connectivity index (χ2n) is 8.31. The van der Waals surface area contributed by atoms with E-state index in [0.717, 1.165) is 28.0 Å². The third kappa shape index (κ3) is 4.49. The molecule has 2 aromatic carbocycles. The molecule has 0 radical (unpaired) electrons. The molecule has 1 aliphatic heterocycles. The lowest BCUT2D eigenvalue weighted by Gasteiger charge is -2.27. The van der Waals surface area contributed by atoms with Gasteiger partial charge in [-0.15, -0.1) is 0 Å². The summed E-state index contributed by atoms with van der Waals surface area (Å²) < 4.78 is 5.18. The number of carbonyl (C=O) groups is 2. The predicted octanol–water partition coefficient (Wildman–Crippen LogP) is 3.25. The molecule has 1 fully saturated rings. The molecule has 2 N–H and O–H groups in total. The standard InChI is InChI=1S/C26H27N3O3/c1-32-22-10-8-19(9-11-22)15-24(30)29-14-12-26(18-29,25(27)31)16-20-5-2-3-7-23(20)21-6-4-13-28-17-21/h2-11,13,17H,12,14-16,18H2,1H3,(H2,27,31)/t26-/m0/s1. The lowest BCUT2D eigenvalue weighted by molar-refractivity contribution is -0.131. The van der Waals surface area contributed by atoms with Crippen molar-refractivity contribution in [2.45, 2.75) is 19.3 Å². The van der Waals surface area contributed by atoms with Gasteiger partial charge in [0.05, 0.1) is 18.9 Å². The fraction of sp³-hybridized carbons (Fsp3) is 0.269. The molecular weight excluding hydrogens is 402 g/mol. The number of rotatable bonds is 7. The van der Waals surface area contributed by atoms with Crippen LogP contribution in [0.1, 0.15) is 17.5 Å². The number of amides is 2. The Labute approximate surface area is 188 Å². The number of nitrogens with zero attached hydrogens (tertiary/aromatic N) is 2. The number of hydrogen-bond acceptors (Lipinski definition) is 4. The number of benzene rings is 2. The first kappa shape index (κ1) is 21.6. The maximum atomic E-state index is 13.0. The predicted molar refractivity (Wildman–Crippen MR) is 123 cm³/mol. The Bertz CT molecular complexity index is 1100. The molecule has 1 saturated heterocycles. The smallest absolute Gasteiger partial charge is 0.227 e. The van der Waals surface area contributed by atoms with Crippen LogP contribution in [0.4, 0.5) is 0 Å². The Morgan fingerprint density at radius 2 is 1.88 bits per heavy atom. The van der Waals surface area contributed by atoms with E-state index in [2.05, 4.69) is 4.98 Å². The molecule has 6 nitrogen and oxygen atoms in total. The molecule has 1 aromatic heterocycles. The number of ether oxygens (including phenoxy) is 1. The van der Waals surface area contributed by atoms with E-state index in [-0.39, 0.29) is 18.2 Å². The number of carbonyl (C=O) groups excluding carboxylic acids is 2. The summed E-state index contributed by atoms with van der Waals surface area (Å²) in [6, 6.07) is 19.3. The van der Waals surface area contributed by atoms with Gasteiger partial charge in [-0.25, -0.2) is 0 Å². The molecule has 2 amide bonds. The molecular formula is C26H27N3O3. The second kappa shape index (κ2) is 9.22. The van der Waals surface area contributed by atoms with Crippen LogP contribution in [-0.4, -0.2) is 41.9 Å². The van der Waals surface area contributed by atoms with E-state index >= 15 is 0 Å². The van der Waals surface area contributed by atoms with E-state index in [4.69, 9.17) is 10.5 Å². The number of nitrogens with two attached hydrogens (primary N) is 1.